The number of nitrogens with two attached hydrogens (primary N) is 1. The first-order chi connectivity index (χ1) is 10.1. The number of nitrogen functional groups attached to an aromatic ring is 1. The number of aromatic nitrogens is 2. The molecule has 0 atom stereocenters. The van der Waals surface area contributed by atoms with Crippen molar-refractivity contribution in [3.63, 3.8) is 0 Å². The van der Waals surface area contributed by atoms with Gasteiger partial charge in [0.1, 0.15) is 6.54 Å². The molecule has 0 radical (unpaired) electrons. The van der Waals surface area contributed by atoms with Crippen LogP contribution >= 0.6 is 15.9 Å². The summed E-state index contributed by atoms with van der Waals surface area (Å²) in [5.74, 6) is -0.144. The quantitative estimate of drug-likeness (QED) is 0.717. The highest BCUT2D eigenvalue weighted by molar-refractivity contribution is 9.10. The van der Waals surface area contributed by atoms with Gasteiger partial charge in [0.15, 0.2) is 0 Å². The summed E-state index contributed by atoms with van der Waals surface area (Å²) < 4.78 is 2.43. The minimum Gasteiger partial charge on any atom is -0.399 e. The minimum atomic E-state index is -0.144. The van der Waals surface area contributed by atoms with E-state index in [1.807, 2.05) is 24.3 Å². The second-order valence-corrected chi connectivity index (χ2v) is 5.50. The summed E-state index contributed by atoms with van der Waals surface area (Å²) in [6, 6.07) is 13.0. The van der Waals surface area contributed by atoms with Crippen molar-refractivity contribution in [2.45, 2.75) is 6.54 Å². The van der Waals surface area contributed by atoms with Crippen LogP contribution in [-0.2, 0) is 11.3 Å². The van der Waals surface area contributed by atoms with Crippen LogP contribution in [0.4, 0.5) is 11.4 Å². The molecule has 1 amide bonds. The minimum absolute atomic E-state index is 0.144. The molecule has 1 aromatic heterocycles. The molecule has 0 aliphatic heterocycles. The van der Waals surface area contributed by atoms with Gasteiger partial charge in [0, 0.05) is 15.5 Å². The number of carbonyl (C=O) groups excluding carboxylic acids is 1. The molecule has 5 nitrogen and oxygen atoms in total. The van der Waals surface area contributed by atoms with Crippen LogP contribution in [0, 0.1) is 0 Å². The van der Waals surface area contributed by atoms with Gasteiger partial charge in [-0.05, 0) is 40.2 Å². The third-order valence-corrected chi connectivity index (χ3v) is 3.77. The maximum atomic E-state index is 12.1. The monoisotopic (exact) mass is 344 g/mol. The van der Waals surface area contributed by atoms with Gasteiger partial charge in [-0.2, -0.15) is 5.10 Å². The van der Waals surface area contributed by atoms with Crippen LogP contribution in [0.1, 0.15) is 0 Å². The van der Waals surface area contributed by atoms with Gasteiger partial charge >= 0.3 is 0 Å². The molecule has 0 unspecified atom stereocenters. The van der Waals surface area contributed by atoms with E-state index in [9.17, 15) is 4.79 Å². The number of hydrogen-bond acceptors (Lipinski definition) is 3. The Balaban J connectivity index is 1.77. The van der Waals surface area contributed by atoms with Crippen molar-refractivity contribution >= 4 is 44.1 Å². The molecule has 0 aliphatic carbocycles. The number of para-hydroxylation sites is 1. The van der Waals surface area contributed by atoms with Crippen molar-refractivity contribution in [2.24, 2.45) is 0 Å². The maximum absolute atomic E-state index is 12.1. The molecule has 106 valence electrons. The molecule has 0 fully saturated rings. The first kappa shape index (κ1) is 13.6. The van der Waals surface area contributed by atoms with Gasteiger partial charge in [-0.25, -0.2) is 0 Å². The van der Waals surface area contributed by atoms with Crippen LogP contribution in [0.5, 0.6) is 0 Å². The Kier molecular flexibility index (Phi) is 3.62. The number of amides is 1. The number of halogens is 1. The lowest BCUT2D eigenvalue weighted by Crippen LogP contribution is -2.19. The lowest BCUT2D eigenvalue weighted by atomic mass is 10.2. The number of anilines is 2. The first-order valence-electron chi connectivity index (χ1n) is 6.39. The zero-order chi connectivity index (χ0) is 14.8. The Morgan fingerprint density at radius 1 is 1.29 bits per heavy atom. The fraction of sp³-hybridized carbons (Fsp3) is 0.0667. The summed E-state index contributed by atoms with van der Waals surface area (Å²) in [7, 11) is 0. The van der Waals surface area contributed by atoms with Crippen LogP contribution in [0.15, 0.2) is 53.1 Å². The first-order valence-corrected chi connectivity index (χ1v) is 7.18. The Hall–Kier alpha value is -2.34. The van der Waals surface area contributed by atoms with E-state index in [2.05, 4.69) is 26.3 Å². The fourth-order valence-corrected chi connectivity index (χ4v) is 2.61. The van der Waals surface area contributed by atoms with Gasteiger partial charge in [-0.3, -0.25) is 9.48 Å². The van der Waals surface area contributed by atoms with Crippen LogP contribution in [-0.4, -0.2) is 15.7 Å². The average Bonchev–Trinajstić information content (AvgIpc) is 2.85. The third-order valence-electron chi connectivity index (χ3n) is 3.11. The summed E-state index contributed by atoms with van der Waals surface area (Å²) in [5.41, 5.74) is 7.93. The average molecular weight is 345 g/mol. The van der Waals surface area contributed by atoms with Gasteiger partial charge in [0.05, 0.1) is 17.4 Å². The predicted molar refractivity (Wildman–Crippen MR) is 86.9 cm³/mol. The summed E-state index contributed by atoms with van der Waals surface area (Å²) in [4.78, 5) is 12.1. The van der Waals surface area contributed by atoms with Crippen LogP contribution in [0.2, 0.25) is 0 Å². The predicted octanol–water partition coefficient (Wildman–Crippen LogP) is 3.02. The maximum Gasteiger partial charge on any atom is 0.246 e. The van der Waals surface area contributed by atoms with E-state index in [0.29, 0.717) is 11.4 Å². The van der Waals surface area contributed by atoms with E-state index < -0.39 is 0 Å². The summed E-state index contributed by atoms with van der Waals surface area (Å²) in [5, 5.41) is 8.09. The van der Waals surface area contributed by atoms with E-state index in [4.69, 9.17) is 5.73 Å². The van der Waals surface area contributed by atoms with E-state index in [1.54, 1.807) is 29.1 Å². The number of hydrogen-bond donors (Lipinski definition) is 2. The fourth-order valence-electron chi connectivity index (χ4n) is 2.11. The Morgan fingerprint density at radius 2 is 2.10 bits per heavy atom. The molecular weight excluding hydrogens is 332 g/mol. The Bertz CT molecular complexity index is 812. The van der Waals surface area contributed by atoms with E-state index >= 15 is 0 Å². The summed E-state index contributed by atoms with van der Waals surface area (Å²) in [6.45, 7) is 0.157. The van der Waals surface area contributed by atoms with Gasteiger partial charge in [0.2, 0.25) is 5.91 Å². The molecule has 0 bridgehead atoms. The van der Waals surface area contributed by atoms with Gasteiger partial charge < -0.3 is 11.1 Å². The van der Waals surface area contributed by atoms with E-state index in [-0.39, 0.29) is 12.5 Å². The number of carbonyl (C=O) groups is 1. The smallest absolute Gasteiger partial charge is 0.246 e. The molecule has 1 heterocycles. The Labute approximate surface area is 129 Å². The number of fused-ring (bicyclic) bond motifs is 1. The topological polar surface area (TPSA) is 72.9 Å². The standard InChI is InChI=1S/C15H13BrN4O/c16-12-7-11(17)5-6-13(12)19-15(21)9-20-14-4-2-1-3-10(14)8-18-20/h1-8H,9,17H2,(H,19,21). The molecule has 0 aliphatic rings. The molecule has 0 saturated carbocycles. The van der Waals surface area contributed by atoms with Crippen molar-refractivity contribution in [1.82, 2.24) is 9.78 Å². The molecule has 21 heavy (non-hydrogen) atoms. The zero-order valence-electron chi connectivity index (χ0n) is 11.1. The normalized spacial score (nSPS) is 10.7. The van der Waals surface area contributed by atoms with Gasteiger partial charge in [-0.15, -0.1) is 0 Å². The largest absolute Gasteiger partial charge is 0.399 e. The highest BCUT2D eigenvalue weighted by atomic mass is 79.9. The lowest BCUT2D eigenvalue weighted by Gasteiger charge is -2.08. The lowest BCUT2D eigenvalue weighted by molar-refractivity contribution is -0.116. The van der Waals surface area contributed by atoms with E-state index in [1.165, 1.54) is 0 Å². The second kappa shape index (κ2) is 5.57. The van der Waals surface area contributed by atoms with Gasteiger partial charge in [0.25, 0.3) is 0 Å². The Morgan fingerprint density at radius 3 is 2.90 bits per heavy atom. The second-order valence-electron chi connectivity index (χ2n) is 4.65. The number of benzene rings is 2. The molecular formula is C15H13BrN4O. The highest BCUT2D eigenvalue weighted by Crippen LogP contribution is 2.24. The van der Waals surface area contributed by atoms with Crippen LogP contribution < -0.4 is 11.1 Å². The molecule has 3 rings (SSSR count). The number of nitrogens with zero attached hydrogens (tertiary/aromatic N) is 2. The van der Waals surface area contributed by atoms with E-state index in [0.717, 1.165) is 15.4 Å². The van der Waals surface area contributed by atoms with Crippen LogP contribution in [0.25, 0.3) is 10.9 Å². The van der Waals surface area contributed by atoms with Crippen molar-refractivity contribution in [1.29, 1.82) is 0 Å². The number of nitrogens with one attached hydrogen (secondary N) is 1. The van der Waals surface area contributed by atoms with Crippen LogP contribution in [0.3, 0.4) is 0 Å². The number of rotatable bonds is 3. The zero-order valence-corrected chi connectivity index (χ0v) is 12.7. The molecule has 0 saturated heterocycles. The molecule has 3 aromatic rings. The third kappa shape index (κ3) is 2.90. The molecule has 6 heteroatoms. The molecule has 0 spiro atoms. The summed E-state index contributed by atoms with van der Waals surface area (Å²) in [6.07, 6.45) is 1.75. The molecule has 3 N–H and O–H groups in total. The van der Waals surface area contributed by atoms with Crippen molar-refractivity contribution in [3.05, 3.63) is 53.1 Å². The highest BCUT2D eigenvalue weighted by Gasteiger charge is 2.09. The SMILES string of the molecule is Nc1ccc(NC(=O)Cn2ncc3ccccc32)c(Br)c1. The summed E-state index contributed by atoms with van der Waals surface area (Å²) >= 11 is 3.38. The van der Waals surface area contributed by atoms with Crippen molar-refractivity contribution < 1.29 is 4.79 Å². The van der Waals surface area contributed by atoms with Crippen molar-refractivity contribution in [2.75, 3.05) is 11.1 Å². The molecule has 2 aromatic carbocycles. The van der Waals surface area contributed by atoms with Crippen molar-refractivity contribution in [3.8, 4) is 0 Å². The van der Waals surface area contributed by atoms with Gasteiger partial charge in [-0.1, -0.05) is 18.2 Å².